The number of hydrogen-bond acceptors (Lipinski definition) is 6. The molecule has 8 heteroatoms. The van der Waals surface area contributed by atoms with Crippen LogP contribution in [0, 0.1) is 0 Å². The summed E-state index contributed by atoms with van der Waals surface area (Å²) in [5, 5.41) is 0.631. The molecule has 2 saturated heterocycles. The zero-order chi connectivity index (χ0) is 19.8. The van der Waals surface area contributed by atoms with Gasteiger partial charge in [-0.1, -0.05) is 11.6 Å². The number of carbonyl (C=O) groups excluding carboxylic acids is 1. The molecule has 0 aliphatic carbocycles. The lowest BCUT2D eigenvalue weighted by molar-refractivity contribution is -0.120. The first-order chi connectivity index (χ1) is 14.2. The van der Waals surface area contributed by atoms with Gasteiger partial charge < -0.3 is 4.90 Å². The third-order valence-electron chi connectivity index (χ3n) is 5.69. The fourth-order valence-electron chi connectivity index (χ4n) is 4.17. The van der Waals surface area contributed by atoms with Crippen LogP contribution in [0.2, 0.25) is 5.02 Å². The van der Waals surface area contributed by atoms with Crippen molar-refractivity contribution < 1.29 is 4.79 Å². The fourth-order valence-corrected chi connectivity index (χ4v) is 4.34. The molecule has 0 spiro atoms. The monoisotopic (exact) mass is 408 g/mol. The zero-order valence-electron chi connectivity index (χ0n) is 16.0. The molecule has 3 aromatic rings. The summed E-state index contributed by atoms with van der Waals surface area (Å²) in [5.74, 6) is 1.59. The highest BCUT2D eigenvalue weighted by Gasteiger charge is 2.32. The van der Waals surface area contributed by atoms with E-state index in [1.54, 1.807) is 29.6 Å². The summed E-state index contributed by atoms with van der Waals surface area (Å²) in [6.45, 7) is 2.52. The summed E-state index contributed by atoms with van der Waals surface area (Å²) in [6.07, 6.45) is 8.63. The summed E-state index contributed by atoms with van der Waals surface area (Å²) >= 11 is 6.09. The van der Waals surface area contributed by atoms with Gasteiger partial charge in [0.1, 0.15) is 0 Å². The van der Waals surface area contributed by atoms with E-state index in [4.69, 9.17) is 16.6 Å². The molecule has 29 heavy (non-hydrogen) atoms. The normalized spacial score (nSPS) is 19.9. The van der Waals surface area contributed by atoms with Gasteiger partial charge in [-0.2, -0.15) is 0 Å². The van der Waals surface area contributed by atoms with Gasteiger partial charge in [0.25, 0.3) is 0 Å². The van der Waals surface area contributed by atoms with Gasteiger partial charge in [-0.05, 0) is 37.5 Å². The molecule has 5 rings (SSSR count). The molecule has 0 N–H and O–H groups in total. The Morgan fingerprint density at radius 1 is 0.966 bits per heavy atom. The molecule has 2 aliphatic rings. The average molecular weight is 409 g/mol. The van der Waals surface area contributed by atoms with Gasteiger partial charge in [0.2, 0.25) is 5.91 Å². The molecule has 7 nitrogen and oxygen atoms in total. The van der Waals surface area contributed by atoms with E-state index in [-0.39, 0.29) is 11.8 Å². The zero-order valence-corrected chi connectivity index (χ0v) is 16.7. The Bertz CT molecular complexity index is 1070. The van der Waals surface area contributed by atoms with Crippen molar-refractivity contribution in [3.8, 4) is 0 Å². The van der Waals surface area contributed by atoms with Crippen LogP contribution in [-0.2, 0) is 4.79 Å². The van der Waals surface area contributed by atoms with E-state index in [0.717, 1.165) is 54.9 Å². The second-order valence-corrected chi connectivity index (χ2v) is 8.00. The van der Waals surface area contributed by atoms with E-state index in [1.807, 2.05) is 12.1 Å². The van der Waals surface area contributed by atoms with Crippen molar-refractivity contribution in [1.29, 1.82) is 0 Å². The fraction of sp³-hybridized carbons (Fsp3) is 0.381. The molecule has 2 aromatic heterocycles. The van der Waals surface area contributed by atoms with E-state index in [2.05, 4.69) is 19.9 Å². The SMILES string of the molecule is O=C1CC(c2cnc3ccc(Cl)cc3n2)CCN1c1nccnc1N1CCCC1. The maximum atomic E-state index is 13.0. The van der Waals surface area contributed by atoms with E-state index < -0.39 is 0 Å². The summed E-state index contributed by atoms with van der Waals surface area (Å²) in [5.41, 5.74) is 2.40. The van der Waals surface area contributed by atoms with Gasteiger partial charge in [0.05, 0.1) is 16.7 Å². The van der Waals surface area contributed by atoms with Crippen LogP contribution < -0.4 is 9.80 Å². The molecule has 1 atom stereocenters. The Hall–Kier alpha value is -2.80. The summed E-state index contributed by atoms with van der Waals surface area (Å²) < 4.78 is 0. The highest BCUT2D eigenvalue weighted by Crippen LogP contribution is 2.34. The topological polar surface area (TPSA) is 75.1 Å². The predicted octanol–water partition coefficient (Wildman–Crippen LogP) is 3.58. The van der Waals surface area contributed by atoms with Gasteiger partial charge in [-0.15, -0.1) is 0 Å². The predicted molar refractivity (Wildman–Crippen MR) is 112 cm³/mol. The van der Waals surface area contributed by atoms with Crippen molar-refractivity contribution in [2.24, 2.45) is 0 Å². The van der Waals surface area contributed by atoms with Crippen molar-refractivity contribution in [3.05, 3.63) is 47.5 Å². The maximum absolute atomic E-state index is 13.0. The second kappa shape index (κ2) is 7.55. The van der Waals surface area contributed by atoms with Gasteiger partial charge in [-0.3, -0.25) is 14.7 Å². The molecule has 2 fully saturated rings. The van der Waals surface area contributed by atoms with E-state index >= 15 is 0 Å². The lowest BCUT2D eigenvalue weighted by Gasteiger charge is -2.32. The van der Waals surface area contributed by atoms with Gasteiger partial charge in [-0.25, -0.2) is 15.0 Å². The third kappa shape index (κ3) is 3.51. The highest BCUT2D eigenvalue weighted by atomic mass is 35.5. The lowest BCUT2D eigenvalue weighted by atomic mass is 9.93. The van der Waals surface area contributed by atoms with Crippen molar-refractivity contribution in [2.45, 2.75) is 31.6 Å². The largest absolute Gasteiger partial charge is 0.354 e. The molecule has 1 amide bonds. The molecule has 148 valence electrons. The average Bonchev–Trinajstić information content (AvgIpc) is 3.28. The van der Waals surface area contributed by atoms with E-state index in [0.29, 0.717) is 23.8 Å². The number of benzene rings is 1. The van der Waals surface area contributed by atoms with Crippen LogP contribution in [0.25, 0.3) is 11.0 Å². The summed E-state index contributed by atoms with van der Waals surface area (Å²) in [6, 6.07) is 5.47. The molecule has 0 radical (unpaired) electrons. The van der Waals surface area contributed by atoms with Crippen molar-refractivity contribution in [3.63, 3.8) is 0 Å². The molecule has 1 aromatic carbocycles. The van der Waals surface area contributed by atoms with Crippen LogP contribution in [0.4, 0.5) is 11.6 Å². The van der Waals surface area contributed by atoms with Crippen LogP contribution in [0.15, 0.2) is 36.8 Å². The minimum absolute atomic E-state index is 0.0431. The minimum atomic E-state index is 0.0431. The first-order valence-electron chi connectivity index (χ1n) is 9.97. The van der Waals surface area contributed by atoms with E-state index in [1.165, 1.54) is 0 Å². The number of piperidine rings is 1. The molecule has 1 unspecified atom stereocenters. The van der Waals surface area contributed by atoms with Crippen molar-refractivity contribution >= 4 is 40.2 Å². The molecule has 0 saturated carbocycles. The number of carbonyl (C=O) groups is 1. The van der Waals surface area contributed by atoms with Gasteiger partial charge >= 0.3 is 0 Å². The van der Waals surface area contributed by atoms with Crippen LogP contribution in [0.1, 0.15) is 37.3 Å². The molecule has 4 heterocycles. The molecule has 0 bridgehead atoms. The lowest BCUT2D eigenvalue weighted by Crippen LogP contribution is -2.40. The maximum Gasteiger partial charge on any atom is 0.228 e. The smallest absolute Gasteiger partial charge is 0.228 e. The number of nitrogens with zero attached hydrogens (tertiary/aromatic N) is 6. The summed E-state index contributed by atoms with van der Waals surface area (Å²) in [7, 11) is 0. The van der Waals surface area contributed by atoms with Crippen LogP contribution in [0.3, 0.4) is 0 Å². The quantitative estimate of drug-likeness (QED) is 0.659. The van der Waals surface area contributed by atoms with Crippen LogP contribution in [0.5, 0.6) is 0 Å². The number of rotatable bonds is 3. The Labute approximate surface area is 173 Å². The Balaban J connectivity index is 1.38. The Morgan fingerprint density at radius 3 is 2.55 bits per heavy atom. The van der Waals surface area contributed by atoms with Crippen molar-refractivity contribution in [2.75, 3.05) is 29.4 Å². The number of halogens is 1. The summed E-state index contributed by atoms with van der Waals surface area (Å²) in [4.78, 5) is 35.3. The van der Waals surface area contributed by atoms with E-state index in [9.17, 15) is 4.79 Å². The molecular formula is C21H21ClN6O. The standard InChI is InChI=1S/C21H21ClN6O/c22-15-3-4-16-17(12-15)26-18(13-25-16)14-5-10-28(19(29)11-14)21-20(23-6-7-24-21)27-8-1-2-9-27/h3-4,6-7,12-14H,1-2,5,8-11H2. The molecular weight excluding hydrogens is 388 g/mol. The minimum Gasteiger partial charge on any atom is -0.354 e. The van der Waals surface area contributed by atoms with Gasteiger partial charge in [0, 0.05) is 55.6 Å². The number of amides is 1. The molecule has 2 aliphatic heterocycles. The number of anilines is 2. The highest BCUT2D eigenvalue weighted by molar-refractivity contribution is 6.31. The number of fused-ring (bicyclic) bond motifs is 1. The third-order valence-corrected chi connectivity index (χ3v) is 5.92. The van der Waals surface area contributed by atoms with Gasteiger partial charge in [0.15, 0.2) is 11.6 Å². The first kappa shape index (κ1) is 18.2. The first-order valence-corrected chi connectivity index (χ1v) is 10.4. The number of aromatic nitrogens is 4. The second-order valence-electron chi connectivity index (χ2n) is 7.56. The van der Waals surface area contributed by atoms with Crippen molar-refractivity contribution in [1.82, 2.24) is 19.9 Å². The van der Waals surface area contributed by atoms with Crippen LogP contribution in [-0.4, -0.2) is 45.5 Å². The number of hydrogen-bond donors (Lipinski definition) is 0. The van der Waals surface area contributed by atoms with Crippen LogP contribution >= 0.6 is 11.6 Å². The Morgan fingerprint density at radius 2 is 1.76 bits per heavy atom. The Kier molecular flexibility index (Phi) is 4.75.